The number of carbonyl (C=O) groups excluding carboxylic acids is 1. The van der Waals surface area contributed by atoms with Gasteiger partial charge in [0.15, 0.2) is 0 Å². The van der Waals surface area contributed by atoms with Crippen LogP contribution < -0.4 is 0 Å². The van der Waals surface area contributed by atoms with Gasteiger partial charge in [0.25, 0.3) is 0 Å². The zero-order valence-electron chi connectivity index (χ0n) is 9.61. The van der Waals surface area contributed by atoms with Crippen molar-refractivity contribution in [2.45, 2.75) is 23.8 Å². The maximum Gasteiger partial charge on any atom is 0.243 e. The summed E-state index contributed by atoms with van der Waals surface area (Å²) in [4.78, 5) is 11.0. The highest BCUT2D eigenvalue weighted by molar-refractivity contribution is 7.89. The predicted molar refractivity (Wildman–Crippen MR) is 64.1 cm³/mol. The summed E-state index contributed by atoms with van der Waals surface area (Å²) < 4.78 is 25.8. The van der Waals surface area contributed by atoms with E-state index in [0.29, 0.717) is 31.2 Å². The maximum atomic E-state index is 12.3. The van der Waals surface area contributed by atoms with Crippen LogP contribution in [0, 0.1) is 11.3 Å². The SMILES string of the molecule is N#Cc1ccc(S(=O)(=O)N2CCC[C@H]2C=O)cc1. The molecule has 0 radical (unpaired) electrons. The Labute approximate surface area is 106 Å². The van der Waals surface area contributed by atoms with Crippen molar-refractivity contribution in [1.29, 1.82) is 5.26 Å². The molecule has 0 amide bonds. The Morgan fingerprint density at radius 1 is 1.33 bits per heavy atom. The Kier molecular flexibility index (Phi) is 3.45. The van der Waals surface area contributed by atoms with Gasteiger partial charge in [0.05, 0.1) is 22.6 Å². The lowest BCUT2D eigenvalue weighted by Gasteiger charge is -2.19. The van der Waals surface area contributed by atoms with E-state index in [1.807, 2.05) is 6.07 Å². The van der Waals surface area contributed by atoms with Crippen LogP contribution >= 0.6 is 0 Å². The summed E-state index contributed by atoms with van der Waals surface area (Å²) in [6.07, 6.45) is 1.94. The molecule has 5 nitrogen and oxygen atoms in total. The van der Waals surface area contributed by atoms with Crippen LogP contribution in [0.5, 0.6) is 0 Å². The highest BCUT2D eigenvalue weighted by atomic mass is 32.2. The molecule has 18 heavy (non-hydrogen) atoms. The molecule has 0 N–H and O–H groups in total. The van der Waals surface area contributed by atoms with Gasteiger partial charge in [0.2, 0.25) is 10.0 Å². The van der Waals surface area contributed by atoms with E-state index in [2.05, 4.69) is 0 Å². The largest absolute Gasteiger partial charge is 0.302 e. The Morgan fingerprint density at radius 2 is 2.00 bits per heavy atom. The van der Waals surface area contributed by atoms with Crippen LogP contribution in [0.4, 0.5) is 0 Å². The van der Waals surface area contributed by atoms with Crippen molar-refractivity contribution < 1.29 is 13.2 Å². The molecule has 1 atom stereocenters. The molecular formula is C12H12N2O3S. The van der Waals surface area contributed by atoms with Gasteiger partial charge in [-0.15, -0.1) is 0 Å². The third kappa shape index (κ3) is 2.15. The van der Waals surface area contributed by atoms with Crippen molar-refractivity contribution in [3.05, 3.63) is 29.8 Å². The van der Waals surface area contributed by atoms with E-state index in [9.17, 15) is 13.2 Å². The van der Waals surface area contributed by atoms with Crippen molar-refractivity contribution >= 4 is 16.3 Å². The van der Waals surface area contributed by atoms with Crippen molar-refractivity contribution in [2.75, 3.05) is 6.54 Å². The first kappa shape index (κ1) is 12.7. The summed E-state index contributed by atoms with van der Waals surface area (Å²) in [5, 5.41) is 8.67. The van der Waals surface area contributed by atoms with E-state index in [4.69, 9.17) is 5.26 Å². The second-order valence-electron chi connectivity index (χ2n) is 4.10. The minimum absolute atomic E-state index is 0.121. The molecule has 6 heteroatoms. The van der Waals surface area contributed by atoms with Crippen LogP contribution in [0.15, 0.2) is 29.2 Å². The van der Waals surface area contributed by atoms with E-state index in [1.165, 1.54) is 28.6 Å². The highest BCUT2D eigenvalue weighted by Crippen LogP contribution is 2.25. The minimum atomic E-state index is -3.63. The molecule has 1 heterocycles. The van der Waals surface area contributed by atoms with Gasteiger partial charge in [-0.1, -0.05) is 0 Å². The Morgan fingerprint density at radius 3 is 2.56 bits per heavy atom. The number of hydrogen-bond acceptors (Lipinski definition) is 4. The molecule has 1 aromatic carbocycles. The summed E-state index contributed by atoms with van der Waals surface area (Å²) in [5.74, 6) is 0. The third-order valence-electron chi connectivity index (χ3n) is 3.00. The van der Waals surface area contributed by atoms with Crippen molar-refractivity contribution in [1.82, 2.24) is 4.31 Å². The highest BCUT2D eigenvalue weighted by Gasteiger charge is 2.34. The number of rotatable bonds is 3. The first-order valence-corrected chi connectivity index (χ1v) is 7.01. The molecule has 1 aliphatic heterocycles. The molecule has 0 saturated carbocycles. The number of carbonyl (C=O) groups is 1. The summed E-state index contributed by atoms with van der Waals surface area (Å²) in [6.45, 7) is 0.367. The van der Waals surface area contributed by atoms with Crippen molar-refractivity contribution in [2.24, 2.45) is 0 Å². The third-order valence-corrected chi connectivity index (χ3v) is 4.93. The van der Waals surface area contributed by atoms with Gasteiger partial charge in [0, 0.05) is 6.54 Å². The van der Waals surface area contributed by atoms with E-state index in [1.54, 1.807) is 0 Å². The van der Waals surface area contributed by atoms with Crippen LogP contribution in [-0.2, 0) is 14.8 Å². The lowest BCUT2D eigenvalue weighted by molar-refractivity contribution is -0.110. The molecular weight excluding hydrogens is 252 g/mol. The first-order valence-electron chi connectivity index (χ1n) is 5.57. The minimum Gasteiger partial charge on any atom is -0.302 e. The van der Waals surface area contributed by atoms with E-state index < -0.39 is 16.1 Å². The smallest absolute Gasteiger partial charge is 0.243 e. The fraction of sp³-hybridized carbons (Fsp3) is 0.333. The maximum absolute atomic E-state index is 12.3. The van der Waals surface area contributed by atoms with Gasteiger partial charge < -0.3 is 4.79 Å². The Balaban J connectivity index is 2.36. The quantitative estimate of drug-likeness (QED) is 0.760. The fourth-order valence-corrected chi connectivity index (χ4v) is 3.67. The second-order valence-corrected chi connectivity index (χ2v) is 5.99. The zero-order valence-corrected chi connectivity index (χ0v) is 10.4. The number of benzene rings is 1. The van der Waals surface area contributed by atoms with Crippen molar-refractivity contribution in [3.8, 4) is 6.07 Å². The van der Waals surface area contributed by atoms with Crippen LogP contribution in [0.2, 0.25) is 0 Å². The van der Waals surface area contributed by atoms with Crippen LogP contribution in [0.25, 0.3) is 0 Å². The number of aldehydes is 1. The van der Waals surface area contributed by atoms with Gasteiger partial charge in [0.1, 0.15) is 6.29 Å². The van der Waals surface area contributed by atoms with Crippen LogP contribution in [0.3, 0.4) is 0 Å². The Bertz CT molecular complexity index is 587. The lowest BCUT2D eigenvalue weighted by Crippen LogP contribution is -2.36. The van der Waals surface area contributed by atoms with E-state index >= 15 is 0 Å². The molecule has 1 fully saturated rings. The van der Waals surface area contributed by atoms with Gasteiger partial charge >= 0.3 is 0 Å². The molecule has 0 aromatic heterocycles. The second kappa shape index (κ2) is 4.88. The fourth-order valence-electron chi connectivity index (χ4n) is 2.04. The van der Waals surface area contributed by atoms with Crippen LogP contribution in [0.1, 0.15) is 18.4 Å². The summed E-state index contributed by atoms with van der Waals surface area (Å²) in [6, 6.07) is 7.07. The molecule has 0 bridgehead atoms. The number of sulfonamides is 1. The topological polar surface area (TPSA) is 78.2 Å². The van der Waals surface area contributed by atoms with Gasteiger partial charge in [-0.2, -0.15) is 9.57 Å². The van der Waals surface area contributed by atoms with Crippen LogP contribution in [-0.4, -0.2) is 31.6 Å². The predicted octanol–water partition coefficient (Wildman–Crippen LogP) is 0.910. The standard InChI is InChI=1S/C12H12N2O3S/c13-8-10-3-5-12(6-4-10)18(16,17)14-7-1-2-11(14)9-15/h3-6,9,11H,1-2,7H2/t11-/m0/s1. The number of nitriles is 1. The summed E-state index contributed by atoms with van der Waals surface area (Å²) in [5.41, 5.74) is 0.405. The van der Waals surface area contributed by atoms with Crippen molar-refractivity contribution in [3.63, 3.8) is 0 Å². The number of hydrogen-bond donors (Lipinski definition) is 0. The Hall–Kier alpha value is -1.71. The zero-order chi connectivity index (χ0) is 13.2. The summed E-state index contributed by atoms with van der Waals surface area (Å²) >= 11 is 0. The van der Waals surface area contributed by atoms with Gasteiger partial charge in [-0.25, -0.2) is 8.42 Å². The molecule has 94 valence electrons. The normalized spacial score (nSPS) is 20.5. The average Bonchev–Trinajstić information content (AvgIpc) is 2.88. The molecule has 0 unspecified atom stereocenters. The molecule has 2 rings (SSSR count). The van der Waals surface area contributed by atoms with Gasteiger partial charge in [-0.05, 0) is 37.1 Å². The summed E-state index contributed by atoms with van der Waals surface area (Å²) in [7, 11) is -3.63. The monoisotopic (exact) mass is 264 g/mol. The lowest BCUT2D eigenvalue weighted by atomic mass is 10.2. The first-order chi connectivity index (χ1) is 8.59. The molecule has 1 aromatic rings. The molecule has 0 aliphatic carbocycles. The molecule has 1 saturated heterocycles. The van der Waals surface area contributed by atoms with E-state index in [0.717, 1.165) is 0 Å². The molecule has 1 aliphatic rings. The average molecular weight is 264 g/mol. The van der Waals surface area contributed by atoms with Gasteiger partial charge in [-0.3, -0.25) is 0 Å². The number of nitrogens with zero attached hydrogens (tertiary/aromatic N) is 2. The molecule has 0 spiro atoms. The van der Waals surface area contributed by atoms with E-state index in [-0.39, 0.29) is 4.90 Å².